The van der Waals surface area contributed by atoms with E-state index in [0.717, 1.165) is 106 Å². The Kier molecular flexibility index (Phi) is 13.4. The van der Waals surface area contributed by atoms with Crippen LogP contribution in [0.2, 0.25) is 0 Å². The highest BCUT2D eigenvalue weighted by Gasteiger charge is 2.23. The molecule has 2 aliphatic rings. The summed E-state index contributed by atoms with van der Waals surface area (Å²) in [6, 6.07) is 45.8. The smallest absolute Gasteiger partial charge is 0.268 e. The van der Waals surface area contributed by atoms with Gasteiger partial charge in [0.15, 0.2) is 37.2 Å². The number of nitrogens with zero attached hydrogens (tertiary/aromatic N) is 6. The van der Waals surface area contributed by atoms with Crippen LogP contribution in [0.15, 0.2) is 188 Å². The predicted octanol–water partition coefficient (Wildman–Crippen LogP) is 1.67. The molecule has 0 radical (unpaired) electrons. The highest BCUT2D eigenvalue weighted by molar-refractivity contribution is 7.90. The number of aromatic nitrogens is 8. The van der Waals surface area contributed by atoms with E-state index in [9.17, 15) is 8.42 Å². The molecular weight excluding hydrogens is 979 g/mol. The van der Waals surface area contributed by atoms with Crippen LogP contribution in [-0.4, -0.2) is 32.3 Å². The Bertz CT molecular complexity index is 3990. The molecule has 10 nitrogen and oxygen atoms in total. The molecular formula is C58H45Cl3N8O2S. The highest BCUT2D eigenvalue weighted by atomic mass is 35.5. The van der Waals surface area contributed by atoms with E-state index in [-0.39, 0.29) is 42.1 Å². The molecule has 0 atom stereocenters. The lowest BCUT2D eigenvalue weighted by Crippen LogP contribution is -3.00. The number of hydrogen-bond donors (Lipinski definition) is 2. The van der Waals surface area contributed by atoms with Gasteiger partial charge >= 0.3 is 0 Å². The van der Waals surface area contributed by atoms with Crippen LogP contribution in [0.1, 0.15) is 22.8 Å². The van der Waals surface area contributed by atoms with Crippen LogP contribution in [0.4, 0.5) is 0 Å². The van der Waals surface area contributed by atoms with Gasteiger partial charge in [-0.2, -0.15) is 0 Å². The first-order valence-electron chi connectivity index (χ1n) is 22.7. The van der Waals surface area contributed by atoms with Gasteiger partial charge in [0, 0.05) is 97.9 Å². The van der Waals surface area contributed by atoms with Crippen molar-refractivity contribution in [1.82, 2.24) is 23.9 Å². The van der Waals surface area contributed by atoms with Gasteiger partial charge in [-0.25, -0.2) is 36.1 Å². The van der Waals surface area contributed by atoms with Crippen LogP contribution < -0.4 is 50.9 Å². The third kappa shape index (κ3) is 8.71. The van der Waals surface area contributed by atoms with Crippen molar-refractivity contribution in [3.05, 3.63) is 206 Å². The van der Waals surface area contributed by atoms with Gasteiger partial charge < -0.3 is 47.2 Å². The molecule has 0 fully saturated rings. The summed E-state index contributed by atoms with van der Waals surface area (Å²) in [6.07, 6.45) is 22.5. The van der Waals surface area contributed by atoms with E-state index < -0.39 is 10.0 Å². The molecule has 0 unspecified atom stereocenters. The van der Waals surface area contributed by atoms with E-state index in [1.165, 1.54) is 3.97 Å². The molecule has 0 spiro atoms. The molecule has 10 aromatic rings. The number of para-hydroxylation sites is 1. The molecule has 12 rings (SSSR count). The van der Waals surface area contributed by atoms with E-state index in [4.69, 9.17) is 9.97 Å². The van der Waals surface area contributed by atoms with Crippen LogP contribution >= 0.6 is 0 Å². The van der Waals surface area contributed by atoms with Crippen molar-refractivity contribution in [2.75, 3.05) is 0 Å². The molecule has 7 aromatic heterocycles. The molecule has 0 amide bonds. The quantitative estimate of drug-likeness (QED) is 0.237. The average Bonchev–Trinajstić information content (AvgIpc) is 4.25. The molecule has 0 saturated heterocycles. The molecule has 356 valence electrons. The van der Waals surface area contributed by atoms with Crippen molar-refractivity contribution >= 4 is 67.3 Å². The summed E-state index contributed by atoms with van der Waals surface area (Å²) in [5, 5.41) is 0.841. The van der Waals surface area contributed by atoms with Gasteiger partial charge in [0.1, 0.15) is 21.1 Å². The first kappa shape index (κ1) is 49.1. The fourth-order valence-electron chi connectivity index (χ4n) is 9.52. The molecule has 2 aliphatic heterocycles. The first-order valence-corrected chi connectivity index (χ1v) is 24.2. The zero-order valence-corrected chi connectivity index (χ0v) is 42.3. The fraction of sp³-hybridized carbons (Fsp3) is 0.0517. The number of fused-ring (bicyclic) bond motifs is 9. The summed E-state index contributed by atoms with van der Waals surface area (Å²) in [4.78, 5) is 18.9. The van der Waals surface area contributed by atoms with Crippen LogP contribution in [0.25, 0.3) is 113 Å². The number of benzene rings is 3. The van der Waals surface area contributed by atoms with Gasteiger partial charge in [0.05, 0.1) is 33.2 Å². The molecule has 14 heteroatoms. The third-order valence-corrected chi connectivity index (χ3v) is 14.7. The fourth-order valence-corrected chi connectivity index (χ4v) is 10.9. The standard InChI is InChI=1S/C58H44N8O2S.3ClH/c1-63-31-25-40(26-32-63)56-48-19-17-46(59-48)55(39-15-13-38(14-16-39)45-37-66(54-12-8-7-11-44(45)54)69(67,68)43-9-5-4-6-10-43)47-18-20-49(60-47)57(41-27-33-64(2)34-28-41)51-22-24-53(62-51)58(52-23-21-50(56)61-52)42-29-35-65(3)36-30-42;;;/h4-37H,1-3H3,(H,59,60,61,62);3*1H/q+2;;;/p-2. The van der Waals surface area contributed by atoms with Crippen LogP contribution in [0.3, 0.4) is 0 Å². The minimum Gasteiger partial charge on any atom is -1.00 e. The average molecular weight is 1020 g/mol. The summed E-state index contributed by atoms with van der Waals surface area (Å²) < 4.78 is 35.6. The Labute approximate surface area is 435 Å². The monoisotopic (exact) mass is 1020 g/mol. The van der Waals surface area contributed by atoms with Gasteiger partial charge in [0.25, 0.3) is 10.0 Å². The van der Waals surface area contributed by atoms with Crippen LogP contribution in [0.5, 0.6) is 0 Å². The van der Waals surface area contributed by atoms with E-state index in [2.05, 4.69) is 156 Å². The van der Waals surface area contributed by atoms with E-state index in [1.807, 2.05) is 65.2 Å². The number of pyridine rings is 3. The second-order valence-electron chi connectivity index (χ2n) is 17.5. The lowest BCUT2D eigenvalue weighted by atomic mass is 9.99. The Morgan fingerprint density at radius 2 is 0.764 bits per heavy atom. The number of halogens is 3. The maximum Gasteiger partial charge on any atom is 0.268 e. The molecule has 0 saturated carbocycles. The van der Waals surface area contributed by atoms with Gasteiger partial charge in [0.2, 0.25) is 0 Å². The summed E-state index contributed by atoms with van der Waals surface area (Å²) in [5.74, 6) is 0. The summed E-state index contributed by atoms with van der Waals surface area (Å²) in [6.45, 7) is 0. The van der Waals surface area contributed by atoms with E-state index in [0.29, 0.717) is 5.52 Å². The lowest BCUT2D eigenvalue weighted by molar-refractivity contribution is -0.671. The molecule has 2 N–H and O–H groups in total. The van der Waals surface area contributed by atoms with E-state index in [1.54, 1.807) is 30.5 Å². The zero-order valence-electron chi connectivity index (χ0n) is 39.2. The maximum absolute atomic E-state index is 14.0. The Morgan fingerprint density at radius 1 is 0.417 bits per heavy atom. The predicted molar refractivity (Wildman–Crippen MR) is 274 cm³/mol. The number of nitrogens with one attached hydrogen (secondary N) is 2. The van der Waals surface area contributed by atoms with Gasteiger partial charge in [-0.15, -0.1) is 0 Å². The van der Waals surface area contributed by atoms with E-state index >= 15 is 0 Å². The van der Waals surface area contributed by atoms with Crippen molar-refractivity contribution in [2.24, 2.45) is 21.1 Å². The number of aromatic amines is 2. The Morgan fingerprint density at radius 3 is 1.17 bits per heavy atom. The number of hydrogen-bond acceptors (Lipinski definition) is 4. The third-order valence-electron chi connectivity index (χ3n) is 13.0. The second kappa shape index (κ2) is 19.7. The van der Waals surface area contributed by atoms with Crippen molar-refractivity contribution in [2.45, 2.75) is 4.90 Å². The van der Waals surface area contributed by atoms with Crippen molar-refractivity contribution in [3.8, 4) is 55.6 Å². The van der Waals surface area contributed by atoms with Gasteiger partial charge in [-0.1, -0.05) is 60.7 Å². The Hall–Kier alpha value is -7.93. The molecule has 9 heterocycles. The summed E-state index contributed by atoms with van der Waals surface area (Å²) >= 11 is 0. The number of rotatable bonds is 7. The Balaban J connectivity index is 0.00000213. The molecule has 8 bridgehead atoms. The summed E-state index contributed by atoms with van der Waals surface area (Å²) in [7, 11) is 2.19. The molecule has 72 heavy (non-hydrogen) atoms. The SMILES string of the molecule is C[n+]1ccc(-c2c3nc(c(-c4cc[n+](C)cc4)c4ccc([nH]4)c(-c4cc[n+](C)cc4)c4nc(c(-c5ccc(-c6cn(S(=O)(=O)c7ccccc7)c7ccccc67)cc5)c5ccc2[nH]5)C=C4)C=C3)cc1.[Cl-].[Cl-].[Cl-]. The lowest BCUT2D eigenvalue weighted by Gasteiger charge is -2.08. The molecule has 0 aliphatic carbocycles. The maximum atomic E-state index is 14.0. The number of H-pyrrole nitrogens is 2. The molecule has 3 aromatic carbocycles. The number of aryl methyl sites for hydroxylation is 3. The van der Waals surface area contributed by atoms with Gasteiger partial charge in [-0.3, -0.25) is 0 Å². The van der Waals surface area contributed by atoms with Crippen molar-refractivity contribution in [1.29, 1.82) is 0 Å². The first-order chi connectivity index (χ1) is 33.7. The largest absolute Gasteiger partial charge is 1.00 e. The van der Waals surface area contributed by atoms with Gasteiger partial charge in [-0.05, 0) is 94.6 Å². The van der Waals surface area contributed by atoms with Crippen LogP contribution in [-0.2, 0) is 31.2 Å². The zero-order chi connectivity index (χ0) is 46.8. The van der Waals surface area contributed by atoms with Crippen molar-refractivity contribution < 1.29 is 59.3 Å². The van der Waals surface area contributed by atoms with Crippen molar-refractivity contribution in [3.63, 3.8) is 0 Å². The second-order valence-corrected chi connectivity index (χ2v) is 19.3. The minimum atomic E-state index is -3.86. The minimum absolute atomic E-state index is 0. The topological polar surface area (TPSA) is 108 Å². The normalized spacial score (nSPS) is 11.8. The van der Waals surface area contributed by atoms with Crippen LogP contribution in [0, 0.1) is 0 Å². The summed E-state index contributed by atoms with van der Waals surface area (Å²) in [5.41, 5.74) is 17.1. The highest BCUT2D eigenvalue weighted by Crippen LogP contribution is 2.40.